The van der Waals surface area contributed by atoms with Gasteiger partial charge >= 0.3 is 5.97 Å². The Kier molecular flexibility index (Phi) is 6.23. The molecule has 4 heteroatoms. The molecule has 0 aromatic carbocycles. The fraction of sp³-hybridized carbons (Fsp3) is 0.389. The second-order valence-corrected chi connectivity index (χ2v) is 5.36. The minimum absolute atomic E-state index is 0.738. The van der Waals surface area contributed by atoms with Crippen LogP contribution in [0.3, 0.4) is 0 Å². The van der Waals surface area contributed by atoms with Crippen LogP contribution in [0.2, 0.25) is 0 Å². The van der Waals surface area contributed by atoms with E-state index in [0.29, 0.717) is 0 Å². The minimum atomic E-state index is -0.903. The number of hydrogen-bond donors (Lipinski definition) is 1. The maximum absolute atomic E-state index is 11.1. The van der Waals surface area contributed by atoms with Gasteiger partial charge in [0.15, 0.2) is 0 Å². The first-order valence-corrected chi connectivity index (χ1v) is 7.59. The molecule has 2 rings (SSSR count). The number of aryl methyl sites for hydroxylation is 1. The van der Waals surface area contributed by atoms with Gasteiger partial charge in [0, 0.05) is 11.6 Å². The van der Waals surface area contributed by atoms with Crippen LogP contribution in [-0.2, 0) is 11.2 Å². The van der Waals surface area contributed by atoms with Gasteiger partial charge in [0.1, 0.15) is 0 Å². The van der Waals surface area contributed by atoms with Gasteiger partial charge in [-0.2, -0.15) is 0 Å². The van der Waals surface area contributed by atoms with Crippen LogP contribution >= 0.6 is 0 Å². The zero-order valence-electron chi connectivity index (χ0n) is 13.9. The molecule has 0 aliphatic rings. The highest BCUT2D eigenvalue weighted by Crippen LogP contribution is 2.20. The molecule has 0 spiro atoms. The van der Waals surface area contributed by atoms with Crippen LogP contribution in [0.25, 0.3) is 17.0 Å². The van der Waals surface area contributed by atoms with E-state index in [2.05, 4.69) is 23.0 Å². The molecular formula is C18H24N2O2. The van der Waals surface area contributed by atoms with E-state index in [1.165, 1.54) is 5.56 Å². The number of aromatic nitrogens is 2. The van der Waals surface area contributed by atoms with Crippen molar-refractivity contribution in [3.05, 3.63) is 41.9 Å². The summed E-state index contributed by atoms with van der Waals surface area (Å²) in [4.78, 5) is 19.7. The first kappa shape index (κ1) is 17.8. The largest absolute Gasteiger partial charge is 0.481 e. The molecule has 118 valence electrons. The van der Waals surface area contributed by atoms with Crippen LogP contribution in [0.4, 0.5) is 0 Å². The third kappa shape index (κ3) is 4.38. The van der Waals surface area contributed by atoms with E-state index in [1.807, 2.05) is 26.1 Å². The number of carbonyl (C=O) groups is 1. The van der Waals surface area contributed by atoms with Crippen LogP contribution in [-0.4, -0.2) is 21.0 Å². The number of rotatable bonds is 4. The normalized spacial score (nSPS) is 11.3. The molecule has 0 radical (unpaired) electrons. The van der Waals surface area contributed by atoms with Crippen LogP contribution < -0.4 is 0 Å². The van der Waals surface area contributed by atoms with E-state index in [9.17, 15) is 4.79 Å². The predicted molar refractivity (Wildman–Crippen MR) is 90.7 cm³/mol. The standard InChI is InChI=1S/C16H18N2O2.C2H6/c1-4-11-7-12-8-13(17-10-14(12)18-9-11)5-6-16(2,3)15(19)20;1-2/h5-10H,4H2,1-3H3,(H,19,20);1-2H3/b6-5+;. The number of hydrogen-bond acceptors (Lipinski definition) is 3. The summed E-state index contributed by atoms with van der Waals surface area (Å²) in [5.41, 5.74) is 1.85. The minimum Gasteiger partial charge on any atom is -0.481 e. The SMILES string of the molecule is CC.CCc1cnc2cnc(/C=C/C(C)(C)C(=O)O)cc2c1. The Morgan fingerprint density at radius 1 is 1.23 bits per heavy atom. The van der Waals surface area contributed by atoms with Crippen molar-refractivity contribution >= 4 is 22.9 Å². The maximum Gasteiger partial charge on any atom is 0.312 e. The van der Waals surface area contributed by atoms with Crippen molar-refractivity contribution in [3.63, 3.8) is 0 Å². The number of carboxylic acids is 1. The van der Waals surface area contributed by atoms with Crippen molar-refractivity contribution in [2.75, 3.05) is 0 Å². The molecule has 2 aromatic heterocycles. The Bertz CT molecular complexity index is 676. The first-order chi connectivity index (χ1) is 10.4. The Labute approximate surface area is 131 Å². The average Bonchev–Trinajstić information content (AvgIpc) is 2.54. The molecule has 0 bridgehead atoms. The zero-order chi connectivity index (χ0) is 16.8. The van der Waals surface area contributed by atoms with Gasteiger partial charge in [-0.3, -0.25) is 14.8 Å². The number of fused-ring (bicyclic) bond motifs is 1. The highest BCUT2D eigenvalue weighted by molar-refractivity contribution is 5.81. The zero-order valence-corrected chi connectivity index (χ0v) is 13.9. The summed E-state index contributed by atoms with van der Waals surface area (Å²) in [7, 11) is 0. The van der Waals surface area contributed by atoms with Crippen molar-refractivity contribution in [2.24, 2.45) is 5.41 Å². The molecular weight excluding hydrogens is 276 g/mol. The molecule has 0 atom stereocenters. The lowest BCUT2D eigenvalue weighted by atomic mass is 9.93. The fourth-order valence-corrected chi connectivity index (χ4v) is 1.74. The second-order valence-electron chi connectivity index (χ2n) is 5.36. The summed E-state index contributed by atoms with van der Waals surface area (Å²) >= 11 is 0. The summed E-state index contributed by atoms with van der Waals surface area (Å²) in [6, 6.07) is 4.01. The van der Waals surface area contributed by atoms with E-state index < -0.39 is 11.4 Å². The van der Waals surface area contributed by atoms with Crippen LogP contribution in [0.15, 0.2) is 30.6 Å². The quantitative estimate of drug-likeness (QED) is 0.912. The molecule has 0 aliphatic carbocycles. The van der Waals surface area contributed by atoms with Gasteiger partial charge in [0.05, 0.1) is 22.8 Å². The highest BCUT2D eigenvalue weighted by Gasteiger charge is 2.23. The summed E-state index contributed by atoms with van der Waals surface area (Å²) in [6.07, 6.45) is 7.89. The molecule has 0 saturated heterocycles. The van der Waals surface area contributed by atoms with Gasteiger partial charge in [0.2, 0.25) is 0 Å². The molecule has 2 heterocycles. The van der Waals surface area contributed by atoms with Crippen molar-refractivity contribution in [1.29, 1.82) is 0 Å². The van der Waals surface area contributed by atoms with Gasteiger partial charge < -0.3 is 5.11 Å². The Hall–Kier alpha value is -2.23. The van der Waals surface area contributed by atoms with Crippen LogP contribution in [0, 0.1) is 5.41 Å². The predicted octanol–water partition coefficient (Wildman–Crippen LogP) is 4.34. The molecule has 0 fully saturated rings. The summed E-state index contributed by atoms with van der Waals surface area (Å²) in [5, 5.41) is 10.1. The average molecular weight is 300 g/mol. The lowest BCUT2D eigenvalue weighted by Gasteiger charge is -2.12. The number of nitrogens with zero attached hydrogens (tertiary/aromatic N) is 2. The number of carboxylic acid groups (broad SMARTS) is 1. The number of pyridine rings is 2. The van der Waals surface area contributed by atoms with E-state index in [-0.39, 0.29) is 0 Å². The molecule has 0 amide bonds. The van der Waals surface area contributed by atoms with E-state index in [0.717, 1.165) is 23.0 Å². The molecule has 1 N–H and O–H groups in total. The van der Waals surface area contributed by atoms with Crippen LogP contribution in [0.5, 0.6) is 0 Å². The summed E-state index contributed by atoms with van der Waals surface area (Å²) < 4.78 is 0. The topological polar surface area (TPSA) is 63.1 Å². The van der Waals surface area contributed by atoms with Gasteiger partial charge in [-0.05, 0) is 44.0 Å². The van der Waals surface area contributed by atoms with Gasteiger partial charge in [0.25, 0.3) is 0 Å². The smallest absolute Gasteiger partial charge is 0.312 e. The Morgan fingerprint density at radius 2 is 1.91 bits per heavy atom. The van der Waals surface area contributed by atoms with Crippen LogP contribution in [0.1, 0.15) is 45.9 Å². The van der Waals surface area contributed by atoms with Crippen molar-refractivity contribution in [3.8, 4) is 0 Å². The lowest BCUT2D eigenvalue weighted by molar-refractivity contribution is -0.144. The van der Waals surface area contributed by atoms with E-state index >= 15 is 0 Å². The molecule has 0 aliphatic heterocycles. The Balaban J connectivity index is 0.00000116. The second kappa shape index (κ2) is 7.69. The maximum atomic E-state index is 11.1. The molecule has 4 nitrogen and oxygen atoms in total. The molecule has 0 saturated carbocycles. The van der Waals surface area contributed by atoms with Crippen molar-refractivity contribution < 1.29 is 9.90 Å². The van der Waals surface area contributed by atoms with Crippen molar-refractivity contribution in [2.45, 2.75) is 41.0 Å². The summed E-state index contributed by atoms with van der Waals surface area (Å²) in [5.74, 6) is -0.857. The van der Waals surface area contributed by atoms with Gasteiger partial charge in [-0.15, -0.1) is 0 Å². The van der Waals surface area contributed by atoms with Gasteiger partial charge in [-0.1, -0.05) is 26.8 Å². The number of aliphatic carboxylic acids is 1. The van der Waals surface area contributed by atoms with Gasteiger partial charge in [-0.25, -0.2) is 0 Å². The third-order valence-electron chi connectivity index (χ3n) is 3.28. The van der Waals surface area contributed by atoms with E-state index in [4.69, 9.17) is 5.11 Å². The van der Waals surface area contributed by atoms with Crippen molar-refractivity contribution in [1.82, 2.24) is 9.97 Å². The summed E-state index contributed by atoms with van der Waals surface area (Å²) in [6.45, 7) is 9.40. The molecule has 22 heavy (non-hydrogen) atoms. The molecule has 2 aromatic rings. The first-order valence-electron chi connectivity index (χ1n) is 7.59. The third-order valence-corrected chi connectivity index (χ3v) is 3.28. The highest BCUT2D eigenvalue weighted by atomic mass is 16.4. The fourth-order valence-electron chi connectivity index (χ4n) is 1.74. The van der Waals surface area contributed by atoms with E-state index in [1.54, 1.807) is 32.2 Å². The lowest BCUT2D eigenvalue weighted by Crippen LogP contribution is -2.20. The molecule has 0 unspecified atom stereocenters. The monoisotopic (exact) mass is 300 g/mol. The Morgan fingerprint density at radius 3 is 2.50 bits per heavy atom.